The van der Waals surface area contributed by atoms with E-state index in [2.05, 4.69) is 4.98 Å². The zero-order valence-electron chi connectivity index (χ0n) is 10.9. The van der Waals surface area contributed by atoms with Crippen LogP contribution in [0.2, 0.25) is 0 Å². The summed E-state index contributed by atoms with van der Waals surface area (Å²) in [5.41, 5.74) is 0.829. The average Bonchev–Trinajstić information content (AvgIpc) is 2.75. The van der Waals surface area contributed by atoms with Crippen LogP contribution in [-0.4, -0.2) is 39.5 Å². The predicted octanol–water partition coefficient (Wildman–Crippen LogP) is 0.681. The van der Waals surface area contributed by atoms with Gasteiger partial charge in [-0.05, 0) is 38.3 Å². The van der Waals surface area contributed by atoms with Crippen molar-refractivity contribution in [2.45, 2.75) is 32.7 Å². The number of carbonyl (C=O) groups excluding carboxylic acids is 1. The number of carboxylic acid groups (broad SMARTS) is 1. The molecule has 1 amide bonds. The lowest BCUT2D eigenvalue weighted by molar-refractivity contribution is -0.141. The molecule has 0 unspecified atom stereocenters. The highest BCUT2D eigenvalue weighted by Gasteiger charge is 2.35. The molecular weight excluding hydrogens is 248 g/mol. The minimum atomic E-state index is -1.02. The predicted molar refractivity (Wildman–Crippen MR) is 68.2 cm³/mol. The number of nitrogens with one attached hydrogen (secondary N) is 1. The first-order valence-corrected chi connectivity index (χ1v) is 6.16. The minimum Gasteiger partial charge on any atom is -0.480 e. The van der Waals surface area contributed by atoms with Gasteiger partial charge in [0, 0.05) is 12.2 Å². The van der Waals surface area contributed by atoms with Crippen LogP contribution >= 0.6 is 0 Å². The second-order valence-electron chi connectivity index (χ2n) is 4.83. The van der Waals surface area contributed by atoms with Gasteiger partial charge in [0.25, 0.3) is 11.5 Å². The van der Waals surface area contributed by atoms with Crippen molar-refractivity contribution >= 4 is 11.9 Å². The van der Waals surface area contributed by atoms with Crippen LogP contribution in [0.3, 0.4) is 0 Å². The number of pyridine rings is 1. The number of carbonyl (C=O) groups is 2. The van der Waals surface area contributed by atoms with Gasteiger partial charge in [-0.1, -0.05) is 0 Å². The Morgan fingerprint density at radius 3 is 2.68 bits per heavy atom. The molecule has 6 nitrogen and oxygen atoms in total. The molecule has 2 heterocycles. The quantitative estimate of drug-likeness (QED) is 0.821. The Morgan fingerprint density at radius 1 is 1.42 bits per heavy atom. The summed E-state index contributed by atoms with van der Waals surface area (Å²) in [4.78, 5) is 39.2. The van der Waals surface area contributed by atoms with Crippen LogP contribution in [-0.2, 0) is 4.79 Å². The highest BCUT2D eigenvalue weighted by atomic mass is 16.4. The zero-order chi connectivity index (χ0) is 14.2. The van der Waals surface area contributed by atoms with Crippen LogP contribution in [0, 0.1) is 13.8 Å². The Bertz CT molecular complexity index is 591. The Balaban J connectivity index is 2.40. The van der Waals surface area contributed by atoms with E-state index in [1.807, 2.05) is 0 Å². The van der Waals surface area contributed by atoms with Gasteiger partial charge in [-0.25, -0.2) is 4.79 Å². The van der Waals surface area contributed by atoms with Gasteiger partial charge in [-0.15, -0.1) is 0 Å². The normalized spacial score (nSPS) is 18.6. The number of rotatable bonds is 2. The number of amides is 1. The first-order valence-electron chi connectivity index (χ1n) is 6.16. The number of hydrogen-bond acceptors (Lipinski definition) is 3. The third-order valence-electron chi connectivity index (χ3n) is 3.38. The summed E-state index contributed by atoms with van der Waals surface area (Å²) in [5, 5.41) is 9.08. The van der Waals surface area contributed by atoms with Gasteiger partial charge in [-0.3, -0.25) is 9.59 Å². The summed E-state index contributed by atoms with van der Waals surface area (Å²) in [7, 11) is 0. The van der Waals surface area contributed by atoms with Gasteiger partial charge in [0.15, 0.2) is 0 Å². The molecule has 2 rings (SSSR count). The molecule has 0 aliphatic carbocycles. The fourth-order valence-electron chi connectivity index (χ4n) is 2.53. The number of hydrogen-bond donors (Lipinski definition) is 2. The number of likely N-dealkylation sites (tertiary alicyclic amines) is 1. The minimum absolute atomic E-state index is 0.0405. The smallest absolute Gasteiger partial charge is 0.326 e. The first kappa shape index (κ1) is 13.3. The van der Waals surface area contributed by atoms with Crippen molar-refractivity contribution in [3.63, 3.8) is 0 Å². The molecule has 0 radical (unpaired) electrons. The third kappa shape index (κ3) is 2.38. The van der Waals surface area contributed by atoms with Crippen LogP contribution < -0.4 is 5.56 Å². The fraction of sp³-hybridized carbons (Fsp3) is 0.462. The maximum absolute atomic E-state index is 12.4. The van der Waals surface area contributed by atoms with Crippen LogP contribution in [0.25, 0.3) is 0 Å². The number of aromatic nitrogens is 1. The van der Waals surface area contributed by atoms with Gasteiger partial charge in [0.05, 0.1) is 0 Å². The summed E-state index contributed by atoms with van der Waals surface area (Å²) in [6.45, 7) is 3.79. The van der Waals surface area contributed by atoms with Gasteiger partial charge in [0.2, 0.25) is 0 Å². The lowest BCUT2D eigenvalue weighted by atomic mass is 10.1. The van der Waals surface area contributed by atoms with Crippen molar-refractivity contribution in [2.75, 3.05) is 6.54 Å². The molecule has 2 N–H and O–H groups in total. The van der Waals surface area contributed by atoms with Crippen LogP contribution in [0.5, 0.6) is 0 Å². The lowest BCUT2D eigenvalue weighted by Crippen LogP contribution is -2.42. The van der Waals surface area contributed by atoms with E-state index in [4.69, 9.17) is 5.11 Å². The van der Waals surface area contributed by atoms with Crippen LogP contribution in [0.15, 0.2) is 10.9 Å². The summed E-state index contributed by atoms with van der Waals surface area (Å²) in [6, 6.07) is 0.883. The molecule has 0 aromatic carbocycles. The SMILES string of the molecule is Cc1cc(C)c(C(=O)N2CCC[C@H]2C(=O)O)c(=O)[nH]1. The molecule has 6 heteroatoms. The van der Waals surface area contributed by atoms with E-state index in [1.165, 1.54) is 4.90 Å². The maximum Gasteiger partial charge on any atom is 0.326 e. The number of nitrogens with zero attached hydrogens (tertiary/aromatic N) is 1. The molecule has 0 saturated carbocycles. The maximum atomic E-state index is 12.4. The third-order valence-corrected chi connectivity index (χ3v) is 3.38. The molecule has 1 fully saturated rings. The highest BCUT2D eigenvalue weighted by molar-refractivity contribution is 5.97. The average molecular weight is 264 g/mol. The molecule has 1 saturated heterocycles. The fourth-order valence-corrected chi connectivity index (χ4v) is 2.53. The van der Waals surface area contributed by atoms with Crippen molar-refractivity contribution in [2.24, 2.45) is 0 Å². The van der Waals surface area contributed by atoms with Crippen molar-refractivity contribution < 1.29 is 14.7 Å². The number of aryl methyl sites for hydroxylation is 2. The Hall–Kier alpha value is -2.11. The van der Waals surface area contributed by atoms with Gasteiger partial charge in [0.1, 0.15) is 11.6 Å². The summed E-state index contributed by atoms with van der Waals surface area (Å²) in [6.07, 6.45) is 1.08. The number of carboxylic acids is 1. The first-order chi connectivity index (χ1) is 8.91. The molecule has 1 aromatic rings. The monoisotopic (exact) mass is 264 g/mol. The number of aliphatic carboxylic acids is 1. The van der Waals surface area contributed by atoms with E-state index in [1.54, 1.807) is 19.9 Å². The van der Waals surface area contributed by atoms with E-state index in [-0.39, 0.29) is 5.56 Å². The van der Waals surface area contributed by atoms with Crippen molar-refractivity contribution in [1.29, 1.82) is 0 Å². The molecule has 1 aromatic heterocycles. The highest BCUT2D eigenvalue weighted by Crippen LogP contribution is 2.20. The Labute approximate surface area is 110 Å². The number of aromatic amines is 1. The van der Waals surface area contributed by atoms with E-state index in [0.29, 0.717) is 30.6 Å². The van der Waals surface area contributed by atoms with Gasteiger partial charge in [-0.2, -0.15) is 0 Å². The van der Waals surface area contributed by atoms with Gasteiger partial charge >= 0.3 is 5.97 Å². The molecule has 19 heavy (non-hydrogen) atoms. The second-order valence-corrected chi connectivity index (χ2v) is 4.83. The number of H-pyrrole nitrogens is 1. The Kier molecular flexibility index (Phi) is 3.42. The molecule has 102 valence electrons. The summed E-state index contributed by atoms with van der Waals surface area (Å²) in [5.74, 6) is -1.52. The lowest BCUT2D eigenvalue weighted by Gasteiger charge is -2.21. The standard InChI is InChI=1S/C13H16N2O4/c1-7-6-8(2)14-11(16)10(7)12(17)15-5-3-4-9(15)13(18)19/h6,9H,3-5H2,1-2H3,(H,14,16)(H,18,19)/t9-/m0/s1. The molecule has 1 aliphatic rings. The van der Waals surface area contributed by atoms with Crippen LogP contribution in [0.1, 0.15) is 34.5 Å². The molecular formula is C13H16N2O4. The molecule has 0 bridgehead atoms. The summed E-state index contributed by atoms with van der Waals surface area (Å²) < 4.78 is 0. The van der Waals surface area contributed by atoms with Crippen molar-refractivity contribution in [3.05, 3.63) is 33.2 Å². The van der Waals surface area contributed by atoms with Gasteiger partial charge < -0.3 is 15.0 Å². The summed E-state index contributed by atoms with van der Waals surface area (Å²) >= 11 is 0. The molecule has 1 atom stereocenters. The van der Waals surface area contributed by atoms with E-state index < -0.39 is 23.5 Å². The topological polar surface area (TPSA) is 90.5 Å². The van der Waals surface area contributed by atoms with Crippen molar-refractivity contribution in [1.82, 2.24) is 9.88 Å². The van der Waals surface area contributed by atoms with E-state index in [9.17, 15) is 14.4 Å². The Morgan fingerprint density at radius 2 is 2.11 bits per heavy atom. The second kappa shape index (κ2) is 4.87. The van der Waals surface area contributed by atoms with Crippen LogP contribution in [0.4, 0.5) is 0 Å². The van der Waals surface area contributed by atoms with E-state index >= 15 is 0 Å². The zero-order valence-corrected chi connectivity index (χ0v) is 10.9. The molecule has 0 spiro atoms. The largest absolute Gasteiger partial charge is 0.480 e. The molecule has 1 aliphatic heterocycles. The van der Waals surface area contributed by atoms with Crippen molar-refractivity contribution in [3.8, 4) is 0 Å². The van der Waals surface area contributed by atoms with E-state index in [0.717, 1.165) is 0 Å².